The molecular weight excluding hydrogens is 202 g/mol. The van der Waals surface area contributed by atoms with Crippen LogP contribution in [0.2, 0.25) is 0 Å². The molecule has 0 bridgehead atoms. The Morgan fingerprint density at radius 1 is 1.47 bits per heavy atom. The number of hydrogen-bond donors (Lipinski definition) is 1. The van der Waals surface area contributed by atoms with Gasteiger partial charge in [0.1, 0.15) is 0 Å². The minimum atomic E-state index is 0.678. The molecule has 0 radical (unpaired) electrons. The van der Waals surface area contributed by atoms with Gasteiger partial charge >= 0.3 is 0 Å². The van der Waals surface area contributed by atoms with Gasteiger partial charge in [-0.05, 0) is 48.6 Å². The summed E-state index contributed by atoms with van der Waals surface area (Å²) in [7, 11) is 0. The van der Waals surface area contributed by atoms with Crippen LogP contribution in [-0.2, 0) is 0 Å². The molecule has 0 saturated heterocycles. The molecule has 1 aliphatic rings. The average molecular weight is 223 g/mol. The molecular formula is C13H21NS. The highest BCUT2D eigenvalue weighted by Gasteiger charge is 2.30. The number of rotatable bonds is 3. The first-order valence-electron chi connectivity index (χ1n) is 6.06. The zero-order chi connectivity index (χ0) is 10.7. The first-order valence-corrected chi connectivity index (χ1v) is 6.94. The number of hydrogen-bond acceptors (Lipinski definition) is 2. The van der Waals surface area contributed by atoms with Crippen LogP contribution in [0.4, 0.5) is 0 Å². The molecule has 1 fully saturated rings. The standard InChI is InChI=1S/C13H21NS/c1-10(9-14)11-5-2-3-6-12(11)13-7-4-8-15-13/h4,7-8,10-12H,2-3,5-6,9,14H2,1H3. The fourth-order valence-corrected chi connectivity index (χ4v) is 3.81. The summed E-state index contributed by atoms with van der Waals surface area (Å²) in [6.07, 6.45) is 5.55. The third-order valence-corrected chi connectivity index (χ3v) is 4.83. The molecule has 1 heterocycles. The van der Waals surface area contributed by atoms with E-state index in [1.54, 1.807) is 4.88 Å². The van der Waals surface area contributed by atoms with E-state index in [-0.39, 0.29) is 0 Å². The van der Waals surface area contributed by atoms with Gasteiger partial charge in [0, 0.05) is 4.88 Å². The zero-order valence-corrected chi connectivity index (χ0v) is 10.3. The highest BCUT2D eigenvalue weighted by atomic mass is 32.1. The molecule has 1 aromatic rings. The average Bonchev–Trinajstić information content (AvgIpc) is 2.81. The molecule has 3 unspecified atom stereocenters. The molecule has 0 spiro atoms. The monoisotopic (exact) mass is 223 g/mol. The highest BCUT2D eigenvalue weighted by molar-refractivity contribution is 7.10. The summed E-state index contributed by atoms with van der Waals surface area (Å²) in [6.45, 7) is 3.16. The number of thiophene rings is 1. The van der Waals surface area contributed by atoms with Crippen LogP contribution in [0.3, 0.4) is 0 Å². The minimum absolute atomic E-state index is 0.678. The van der Waals surface area contributed by atoms with Crippen LogP contribution in [0.15, 0.2) is 17.5 Å². The molecule has 0 aromatic carbocycles. The molecule has 1 aliphatic carbocycles. The fraction of sp³-hybridized carbons (Fsp3) is 0.692. The van der Waals surface area contributed by atoms with Gasteiger partial charge in [0.2, 0.25) is 0 Å². The Labute approximate surface area is 96.7 Å². The predicted octanol–water partition coefficient (Wildman–Crippen LogP) is 3.62. The predicted molar refractivity (Wildman–Crippen MR) is 67.2 cm³/mol. The van der Waals surface area contributed by atoms with Gasteiger partial charge in [-0.1, -0.05) is 25.8 Å². The largest absolute Gasteiger partial charge is 0.330 e. The molecule has 1 saturated carbocycles. The third kappa shape index (κ3) is 2.43. The normalized spacial score (nSPS) is 28.9. The maximum Gasteiger partial charge on any atom is 0.00790 e. The molecule has 84 valence electrons. The minimum Gasteiger partial charge on any atom is -0.330 e. The van der Waals surface area contributed by atoms with Crippen LogP contribution in [0.5, 0.6) is 0 Å². The summed E-state index contributed by atoms with van der Waals surface area (Å²) in [6, 6.07) is 4.48. The Balaban J connectivity index is 2.12. The maximum absolute atomic E-state index is 5.82. The van der Waals surface area contributed by atoms with Crippen molar-refractivity contribution in [3.05, 3.63) is 22.4 Å². The van der Waals surface area contributed by atoms with Gasteiger partial charge in [-0.25, -0.2) is 0 Å². The molecule has 2 N–H and O–H groups in total. The maximum atomic E-state index is 5.82. The van der Waals surface area contributed by atoms with Crippen molar-refractivity contribution in [3.63, 3.8) is 0 Å². The van der Waals surface area contributed by atoms with Crippen LogP contribution in [-0.4, -0.2) is 6.54 Å². The van der Waals surface area contributed by atoms with Crippen LogP contribution >= 0.6 is 11.3 Å². The second-order valence-corrected chi connectivity index (χ2v) is 5.76. The van der Waals surface area contributed by atoms with Gasteiger partial charge in [-0.3, -0.25) is 0 Å². The van der Waals surface area contributed by atoms with E-state index >= 15 is 0 Å². The molecule has 1 aromatic heterocycles. The topological polar surface area (TPSA) is 26.0 Å². The lowest BCUT2D eigenvalue weighted by atomic mass is 9.72. The van der Waals surface area contributed by atoms with Crippen molar-refractivity contribution in [1.29, 1.82) is 0 Å². The lowest BCUT2D eigenvalue weighted by molar-refractivity contribution is 0.232. The highest BCUT2D eigenvalue weighted by Crippen LogP contribution is 2.42. The van der Waals surface area contributed by atoms with E-state index in [1.165, 1.54) is 25.7 Å². The quantitative estimate of drug-likeness (QED) is 0.832. The van der Waals surface area contributed by atoms with Crippen molar-refractivity contribution in [1.82, 2.24) is 0 Å². The molecule has 1 nitrogen and oxygen atoms in total. The van der Waals surface area contributed by atoms with E-state index in [0.29, 0.717) is 5.92 Å². The SMILES string of the molecule is CC(CN)C1CCCCC1c1cccs1. The van der Waals surface area contributed by atoms with Crippen molar-refractivity contribution >= 4 is 11.3 Å². The van der Waals surface area contributed by atoms with Crippen LogP contribution in [0.1, 0.15) is 43.4 Å². The zero-order valence-electron chi connectivity index (χ0n) is 9.49. The van der Waals surface area contributed by atoms with Gasteiger partial charge in [0.15, 0.2) is 0 Å². The van der Waals surface area contributed by atoms with E-state index in [9.17, 15) is 0 Å². The Hall–Kier alpha value is -0.340. The Bertz CT molecular complexity index is 281. The molecule has 2 rings (SSSR count). The van der Waals surface area contributed by atoms with E-state index in [4.69, 9.17) is 5.73 Å². The van der Waals surface area contributed by atoms with Crippen molar-refractivity contribution in [2.24, 2.45) is 17.6 Å². The molecule has 0 amide bonds. The van der Waals surface area contributed by atoms with Gasteiger partial charge in [0.25, 0.3) is 0 Å². The van der Waals surface area contributed by atoms with Crippen LogP contribution in [0, 0.1) is 11.8 Å². The van der Waals surface area contributed by atoms with Gasteiger partial charge < -0.3 is 5.73 Å². The Morgan fingerprint density at radius 2 is 2.27 bits per heavy atom. The number of nitrogens with two attached hydrogens (primary N) is 1. The van der Waals surface area contributed by atoms with Crippen molar-refractivity contribution in [3.8, 4) is 0 Å². The summed E-state index contributed by atoms with van der Waals surface area (Å²) in [4.78, 5) is 1.58. The smallest absolute Gasteiger partial charge is 0.00790 e. The first-order chi connectivity index (χ1) is 7.33. The van der Waals surface area contributed by atoms with E-state index in [2.05, 4.69) is 24.4 Å². The van der Waals surface area contributed by atoms with E-state index in [0.717, 1.165) is 18.4 Å². The summed E-state index contributed by atoms with van der Waals surface area (Å²) in [5.41, 5.74) is 5.82. The van der Waals surface area contributed by atoms with Gasteiger partial charge in [-0.2, -0.15) is 0 Å². The van der Waals surface area contributed by atoms with Crippen molar-refractivity contribution in [2.75, 3.05) is 6.54 Å². The summed E-state index contributed by atoms with van der Waals surface area (Å²) < 4.78 is 0. The van der Waals surface area contributed by atoms with Crippen LogP contribution < -0.4 is 5.73 Å². The summed E-state index contributed by atoms with van der Waals surface area (Å²) in [5.74, 6) is 2.29. The second-order valence-electron chi connectivity index (χ2n) is 4.78. The van der Waals surface area contributed by atoms with Gasteiger partial charge in [0.05, 0.1) is 0 Å². The molecule has 3 atom stereocenters. The van der Waals surface area contributed by atoms with Crippen LogP contribution in [0.25, 0.3) is 0 Å². The molecule has 0 aliphatic heterocycles. The Kier molecular flexibility index (Phi) is 3.81. The lowest BCUT2D eigenvalue weighted by Crippen LogP contribution is -2.28. The van der Waals surface area contributed by atoms with Crippen molar-refractivity contribution < 1.29 is 0 Å². The van der Waals surface area contributed by atoms with Crippen molar-refractivity contribution in [2.45, 2.75) is 38.5 Å². The summed E-state index contributed by atoms with van der Waals surface area (Å²) in [5, 5.41) is 2.20. The van der Waals surface area contributed by atoms with E-state index in [1.807, 2.05) is 11.3 Å². The second kappa shape index (κ2) is 5.13. The molecule has 2 heteroatoms. The lowest BCUT2D eigenvalue weighted by Gasteiger charge is -2.34. The summed E-state index contributed by atoms with van der Waals surface area (Å²) >= 11 is 1.92. The van der Waals surface area contributed by atoms with Gasteiger partial charge in [-0.15, -0.1) is 11.3 Å². The Morgan fingerprint density at radius 3 is 2.93 bits per heavy atom. The fourth-order valence-electron chi connectivity index (χ4n) is 2.87. The first kappa shape index (κ1) is 11.2. The third-order valence-electron chi connectivity index (χ3n) is 3.83. The van der Waals surface area contributed by atoms with E-state index < -0.39 is 0 Å². The molecule has 15 heavy (non-hydrogen) atoms.